The summed E-state index contributed by atoms with van der Waals surface area (Å²) >= 11 is 1.58. The number of furan rings is 1. The maximum Gasteiger partial charge on any atom is 0.374 e. The molecule has 3 aromatic heterocycles. The molecule has 7 heteroatoms. The van der Waals surface area contributed by atoms with Gasteiger partial charge < -0.3 is 14.1 Å². The molecule has 0 aliphatic heterocycles. The molecule has 0 fully saturated rings. The largest absolute Gasteiger partial charge is 0.457 e. The quantitative estimate of drug-likeness (QED) is 0.723. The minimum atomic E-state index is -0.673. The number of rotatable bonds is 3. The van der Waals surface area contributed by atoms with Crippen molar-refractivity contribution in [3.63, 3.8) is 0 Å². The molecule has 0 bridgehead atoms. The lowest BCUT2D eigenvalue weighted by Gasteiger charge is -2.17. The van der Waals surface area contributed by atoms with E-state index in [1.807, 2.05) is 0 Å². The summed E-state index contributed by atoms with van der Waals surface area (Å²) in [6.45, 7) is 3.91. The van der Waals surface area contributed by atoms with Gasteiger partial charge in [0.1, 0.15) is 4.83 Å². The Hall–Kier alpha value is -2.41. The number of esters is 1. The Morgan fingerprint density at radius 3 is 3.12 bits per heavy atom. The van der Waals surface area contributed by atoms with E-state index in [1.54, 1.807) is 24.3 Å². The molecular formula is C18H18N2O4S. The number of aromatic amines is 1. The van der Waals surface area contributed by atoms with Crippen molar-refractivity contribution in [1.29, 1.82) is 0 Å². The molecule has 0 aromatic carbocycles. The monoisotopic (exact) mass is 358 g/mol. The molecule has 1 N–H and O–H groups in total. The number of nitrogens with one attached hydrogen (secondary N) is 1. The minimum absolute atomic E-state index is 0.121. The van der Waals surface area contributed by atoms with E-state index in [-0.39, 0.29) is 11.3 Å². The Morgan fingerprint density at radius 1 is 1.52 bits per heavy atom. The van der Waals surface area contributed by atoms with E-state index in [9.17, 15) is 9.59 Å². The Balaban J connectivity index is 1.67. The Labute approximate surface area is 147 Å². The summed E-state index contributed by atoms with van der Waals surface area (Å²) in [4.78, 5) is 33.9. The molecule has 4 rings (SSSR count). The predicted molar refractivity (Wildman–Crippen MR) is 94.0 cm³/mol. The molecule has 0 unspecified atom stereocenters. The maximum absolute atomic E-state index is 12.6. The zero-order valence-corrected chi connectivity index (χ0v) is 14.8. The molecular weight excluding hydrogens is 340 g/mol. The van der Waals surface area contributed by atoms with E-state index >= 15 is 0 Å². The first-order chi connectivity index (χ1) is 12.0. The SMILES string of the molecule is C[C@@H]1CCc2c(sc3nc([C@H](C)OC(=O)c4ccco4)[nH]c(=O)c23)C1. The van der Waals surface area contributed by atoms with Gasteiger partial charge in [0, 0.05) is 4.88 Å². The molecule has 0 saturated carbocycles. The van der Waals surface area contributed by atoms with Crippen molar-refractivity contribution < 1.29 is 13.9 Å². The van der Waals surface area contributed by atoms with Crippen LogP contribution in [0.25, 0.3) is 10.2 Å². The second-order valence-electron chi connectivity index (χ2n) is 6.51. The number of aromatic nitrogens is 2. The number of H-pyrrole nitrogens is 1. The van der Waals surface area contributed by atoms with E-state index in [0.717, 1.165) is 29.7 Å². The van der Waals surface area contributed by atoms with Crippen LogP contribution in [0.15, 0.2) is 27.6 Å². The molecule has 0 saturated heterocycles. The highest BCUT2D eigenvalue weighted by Crippen LogP contribution is 2.36. The predicted octanol–water partition coefficient (Wildman–Crippen LogP) is 3.62. The number of ether oxygens (including phenoxy) is 1. The van der Waals surface area contributed by atoms with Gasteiger partial charge in [-0.1, -0.05) is 6.92 Å². The highest BCUT2D eigenvalue weighted by molar-refractivity contribution is 7.18. The summed E-state index contributed by atoms with van der Waals surface area (Å²) in [5.41, 5.74) is 0.978. The number of carbonyl (C=O) groups is 1. The second kappa shape index (κ2) is 6.15. The van der Waals surface area contributed by atoms with E-state index in [4.69, 9.17) is 9.15 Å². The molecule has 2 atom stereocenters. The van der Waals surface area contributed by atoms with Crippen molar-refractivity contribution in [2.45, 2.75) is 39.2 Å². The zero-order chi connectivity index (χ0) is 17.6. The normalized spacial score (nSPS) is 18.1. The van der Waals surface area contributed by atoms with Crippen molar-refractivity contribution >= 4 is 27.5 Å². The molecule has 1 aliphatic carbocycles. The third-order valence-electron chi connectivity index (χ3n) is 4.58. The summed E-state index contributed by atoms with van der Waals surface area (Å²) in [6, 6.07) is 3.15. The van der Waals surface area contributed by atoms with Gasteiger partial charge in [-0.25, -0.2) is 9.78 Å². The van der Waals surface area contributed by atoms with Crippen LogP contribution in [-0.4, -0.2) is 15.9 Å². The van der Waals surface area contributed by atoms with Gasteiger partial charge in [0.05, 0.1) is 11.6 Å². The van der Waals surface area contributed by atoms with Gasteiger partial charge in [-0.15, -0.1) is 11.3 Å². The summed E-state index contributed by atoms with van der Waals surface area (Å²) < 4.78 is 10.4. The van der Waals surface area contributed by atoms with Crippen molar-refractivity contribution in [1.82, 2.24) is 9.97 Å². The number of carbonyl (C=O) groups excluding carboxylic acids is 1. The lowest BCUT2D eigenvalue weighted by Crippen LogP contribution is -2.18. The van der Waals surface area contributed by atoms with Gasteiger partial charge in [0.2, 0.25) is 5.76 Å². The van der Waals surface area contributed by atoms with Crippen LogP contribution in [0.2, 0.25) is 0 Å². The van der Waals surface area contributed by atoms with Crippen LogP contribution in [0.4, 0.5) is 0 Å². The molecule has 1 aliphatic rings. The summed E-state index contributed by atoms with van der Waals surface area (Å²) in [5, 5.41) is 0.695. The second-order valence-corrected chi connectivity index (χ2v) is 7.59. The van der Waals surface area contributed by atoms with Crippen molar-refractivity contribution in [2.75, 3.05) is 0 Å². The average Bonchev–Trinajstić information content (AvgIpc) is 3.21. The highest BCUT2D eigenvalue weighted by atomic mass is 32.1. The molecule has 25 heavy (non-hydrogen) atoms. The Kier molecular flexibility index (Phi) is 3.95. The van der Waals surface area contributed by atoms with Gasteiger partial charge in [0.15, 0.2) is 11.9 Å². The topological polar surface area (TPSA) is 85.2 Å². The van der Waals surface area contributed by atoms with Crippen LogP contribution >= 0.6 is 11.3 Å². The molecule has 0 amide bonds. The average molecular weight is 358 g/mol. The van der Waals surface area contributed by atoms with Crippen LogP contribution in [0.3, 0.4) is 0 Å². The molecule has 6 nitrogen and oxygen atoms in total. The Bertz CT molecular complexity index is 987. The Morgan fingerprint density at radius 2 is 2.36 bits per heavy atom. The number of fused-ring (bicyclic) bond motifs is 3. The first-order valence-corrected chi connectivity index (χ1v) is 9.13. The fourth-order valence-electron chi connectivity index (χ4n) is 3.23. The van der Waals surface area contributed by atoms with Crippen molar-refractivity contribution in [3.05, 3.63) is 50.8 Å². The van der Waals surface area contributed by atoms with Crippen LogP contribution in [0.1, 0.15) is 53.2 Å². The lowest BCUT2D eigenvalue weighted by atomic mass is 9.89. The van der Waals surface area contributed by atoms with Crippen molar-refractivity contribution in [3.8, 4) is 0 Å². The highest BCUT2D eigenvalue weighted by Gasteiger charge is 2.24. The van der Waals surface area contributed by atoms with E-state index in [0.29, 0.717) is 17.1 Å². The molecule has 130 valence electrons. The number of hydrogen-bond donors (Lipinski definition) is 1. The fourth-order valence-corrected chi connectivity index (χ4v) is 4.62. The van der Waals surface area contributed by atoms with Gasteiger partial charge in [-0.05, 0) is 49.8 Å². The number of aryl methyl sites for hydroxylation is 1. The third kappa shape index (κ3) is 2.89. The van der Waals surface area contributed by atoms with E-state index in [2.05, 4.69) is 16.9 Å². The van der Waals surface area contributed by atoms with Crippen molar-refractivity contribution in [2.24, 2.45) is 5.92 Å². The van der Waals surface area contributed by atoms with Crippen LogP contribution in [-0.2, 0) is 17.6 Å². The standard InChI is InChI=1S/C18H18N2O4S/c1-9-5-6-11-13(8-9)25-17-14(11)16(21)19-15(20-17)10(2)24-18(22)12-4-3-7-23-12/h3-4,7,9-10H,5-6,8H2,1-2H3,(H,19,20,21)/t9-,10+/m1/s1. The van der Waals surface area contributed by atoms with Gasteiger partial charge in [-0.3, -0.25) is 4.79 Å². The zero-order valence-electron chi connectivity index (χ0n) is 14.0. The molecule has 3 aromatic rings. The number of thiophene rings is 1. The van der Waals surface area contributed by atoms with Gasteiger partial charge in [-0.2, -0.15) is 0 Å². The van der Waals surface area contributed by atoms with Crippen LogP contribution < -0.4 is 5.56 Å². The number of hydrogen-bond acceptors (Lipinski definition) is 6. The molecule has 3 heterocycles. The van der Waals surface area contributed by atoms with E-state index in [1.165, 1.54) is 17.2 Å². The summed E-state index contributed by atoms with van der Waals surface area (Å²) in [6.07, 6.45) is 3.74. The summed E-state index contributed by atoms with van der Waals surface area (Å²) in [7, 11) is 0. The lowest BCUT2D eigenvalue weighted by molar-refractivity contribution is 0.0284. The fraction of sp³-hybridized carbons (Fsp3) is 0.389. The smallest absolute Gasteiger partial charge is 0.374 e. The van der Waals surface area contributed by atoms with Gasteiger partial charge >= 0.3 is 5.97 Å². The molecule has 0 spiro atoms. The first kappa shape index (κ1) is 16.1. The number of nitrogens with zero attached hydrogens (tertiary/aromatic N) is 1. The first-order valence-electron chi connectivity index (χ1n) is 8.32. The van der Waals surface area contributed by atoms with Gasteiger partial charge in [0.25, 0.3) is 5.56 Å². The summed E-state index contributed by atoms with van der Waals surface area (Å²) in [5.74, 6) is 0.520. The maximum atomic E-state index is 12.6. The third-order valence-corrected chi connectivity index (χ3v) is 5.72. The van der Waals surface area contributed by atoms with Crippen LogP contribution in [0.5, 0.6) is 0 Å². The van der Waals surface area contributed by atoms with E-state index < -0.39 is 12.1 Å². The minimum Gasteiger partial charge on any atom is -0.457 e. The molecule has 0 radical (unpaired) electrons. The van der Waals surface area contributed by atoms with Crippen LogP contribution in [0, 0.1) is 5.92 Å².